The number of nitrogens with zero attached hydrogens (tertiary/aromatic N) is 1. The summed E-state index contributed by atoms with van der Waals surface area (Å²) in [4.78, 5) is 35.8. The molecule has 0 aliphatic carbocycles. The molecule has 21 heavy (non-hydrogen) atoms. The molecule has 1 aliphatic rings. The lowest BCUT2D eigenvalue weighted by atomic mass is 10.2. The number of methoxy groups -OCH3 is 1. The second kappa shape index (κ2) is 8.42. The highest BCUT2D eigenvalue weighted by Gasteiger charge is 2.32. The maximum Gasteiger partial charge on any atom is 0.318 e. The Labute approximate surface area is 122 Å². The lowest BCUT2D eigenvalue weighted by Gasteiger charge is -2.34. The van der Waals surface area contributed by atoms with Crippen molar-refractivity contribution >= 4 is 17.9 Å². The Morgan fingerprint density at radius 3 is 2.76 bits per heavy atom. The summed E-state index contributed by atoms with van der Waals surface area (Å²) in [5, 5.41) is 13.8. The molecule has 1 fully saturated rings. The SMILES string of the molecule is CNC(=O)C1COCCN1C(=O)NCC(CC(=O)O)OC. The molecule has 3 amide bonds. The third-order valence-corrected chi connectivity index (χ3v) is 3.15. The van der Waals surface area contributed by atoms with Crippen molar-refractivity contribution in [2.75, 3.05) is 40.5 Å². The zero-order chi connectivity index (χ0) is 15.8. The van der Waals surface area contributed by atoms with Gasteiger partial charge >= 0.3 is 12.0 Å². The van der Waals surface area contributed by atoms with Gasteiger partial charge in [-0.15, -0.1) is 0 Å². The van der Waals surface area contributed by atoms with Gasteiger partial charge in [-0.25, -0.2) is 4.79 Å². The number of ether oxygens (including phenoxy) is 2. The Morgan fingerprint density at radius 1 is 1.48 bits per heavy atom. The topological polar surface area (TPSA) is 117 Å². The monoisotopic (exact) mass is 303 g/mol. The highest BCUT2D eigenvalue weighted by atomic mass is 16.5. The largest absolute Gasteiger partial charge is 0.481 e. The zero-order valence-electron chi connectivity index (χ0n) is 12.1. The summed E-state index contributed by atoms with van der Waals surface area (Å²) in [7, 11) is 2.86. The van der Waals surface area contributed by atoms with Gasteiger partial charge in [-0.1, -0.05) is 0 Å². The van der Waals surface area contributed by atoms with E-state index in [9.17, 15) is 14.4 Å². The molecule has 9 heteroatoms. The molecule has 0 aromatic heterocycles. The summed E-state index contributed by atoms with van der Waals surface area (Å²) >= 11 is 0. The van der Waals surface area contributed by atoms with E-state index in [1.807, 2.05) is 0 Å². The first-order valence-corrected chi connectivity index (χ1v) is 6.58. The van der Waals surface area contributed by atoms with E-state index >= 15 is 0 Å². The Hall–Kier alpha value is -1.87. The van der Waals surface area contributed by atoms with Gasteiger partial charge in [0.05, 0.1) is 25.7 Å². The predicted octanol–water partition coefficient (Wildman–Crippen LogP) is -1.37. The Bertz CT molecular complexity index is 389. The van der Waals surface area contributed by atoms with E-state index < -0.39 is 24.1 Å². The van der Waals surface area contributed by atoms with Crippen LogP contribution in [0.3, 0.4) is 0 Å². The van der Waals surface area contributed by atoms with Gasteiger partial charge in [-0.05, 0) is 0 Å². The number of carbonyl (C=O) groups is 3. The number of morpholine rings is 1. The molecule has 0 aromatic carbocycles. The Balaban J connectivity index is 2.55. The molecule has 9 nitrogen and oxygen atoms in total. The van der Waals surface area contributed by atoms with Gasteiger partial charge in [-0.3, -0.25) is 9.59 Å². The summed E-state index contributed by atoms with van der Waals surface area (Å²) in [6.45, 7) is 0.833. The molecule has 0 saturated carbocycles. The maximum absolute atomic E-state index is 12.1. The molecule has 1 aliphatic heterocycles. The van der Waals surface area contributed by atoms with Gasteiger partial charge in [-0.2, -0.15) is 0 Å². The molecule has 3 N–H and O–H groups in total. The van der Waals surface area contributed by atoms with E-state index in [1.165, 1.54) is 19.1 Å². The number of likely N-dealkylation sites (N-methyl/N-ethyl adjacent to an activating group) is 1. The number of hydrogen-bond acceptors (Lipinski definition) is 5. The van der Waals surface area contributed by atoms with E-state index in [1.54, 1.807) is 0 Å². The third kappa shape index (κ3) is 5.20. The smallest absolute Gasteiger partial charge is 0.318 e. The van der Waals surface area contributed by atoms with Gasteiger partial charge in [0, 0.05) is 27.2 Å². The molecule has 1 rings (SSSR count). The summed E-state index contributed by atoms with van der Waals surface area (Å²) in [5.74, 6) is -1.32. The van der Waals surface area contributed by atoms with Crippen molar-refractivity contribution in [3.05, 3.63) is 0 Å². The summed E-state index contributed by atoms with van der Waals surface area (Å²) in [5.41, 5.74) is 0. The number of carboxylic acid groups (broad SMARTS) is 1. The molecule has 2 atom stereocenters. The Morgan fingerprint density at radius 2 is 2.19 bits per heavy atom. The number of amides is 3. The minimum atomic E-state index is -1.01. The fraction of sp³-hybridized carbons (Fsp3) is 0.750. The van der Waals surface area contributed by atoms with Crippen molar-refractivity contribution in [2.24, 2.45) is 0 Å². The first kappa shape index (κ1) is 17.2. The fourth-order valence-electron chi connectivity index (χ4n) is 1.97. The van der Waals surface area contributed by atoms with Gasteiger partial charge in [0.15, 0.2) is 0 Å². The first-order valence-electron chi connectivity index (χ1n) is 6.58. The van der Waals surface area contributed by atoms with E-state index in [-0.39, 0.29) is 25.5 Å². The average molecular weight is 303 g/mol. The minimum absolute atomic E-state index is 0.0550. The fourth-order valence-corrected chi connectivity index (χ4v) is 1.97. The molecule has 120 valence electrons. The van der Waals surface area contributed by atoms with Crippen LogP contribution in [-0.4, -0.2) is 80.5 Å². The second-order valence-corrected chi connectivity index (χ2v) is 4.54. The van der Waals surface area contributed by atoms with E-state index in [0.29, 0.717) is 13.2 Å². The quantitative estimate of drug-likeness (QED) is 0.557. The molecule has 0 aromatic rings. The molecule has 0 radical (unpaired) electrons. The van der Waals surface area contributed by atoms with Crippen LogP contribution in [0.25, 0.3) is 0 Å². The molecule has 1 heterocycles. The van der Waals surface area contributed by atoms with E-state index in [2.05, 4.69) is 10.6 Å². The van der Waals surface area contributed by atoms with Crippen molar-refractivity contribution in [3.8, 4) is 0 Å². The van der Waals surface area contributed by atoms with E-state index in [0.717, 1.165) is 0 Å². The van der Waals surface area contributed by atoms with Gasteiger partial charge in [0.1, 0.15) is 6.04 Å². The van der Waals surface area contributed by atoms with Crippen molar-refractivity contribution in [1.29, 1.82) is 0 Å². The van der Waals surface area contributed by atoms with Crippen LogP contribution >= 0.6 is 0 Å². The minimum Gasteiger partial charge on any atom is -0.481 e. The van der Waals surface area contributed by atoms with Gasteiger partial charge in [0.25, 0.3) is 0 Å². The number of nitrogens with one attached hydrogen (secondary N) is 2. The lowest BCUT2D eigenvalue weighted by Crippen LogP contribution is -2.58. The summed E-state index contributed by atoms with van der Waals surface area (Å²) in [6.07, 6.45) is -0.829. The number of aliphatic carboxylic acids is 1. The van der Waals surface area contributed by atoms with Crippen molar-refractivity contribution in [3.63, 3.8) is 0 Å². The number of carboxylic acids is 1. The Kier molecular flexibility index (Phi) is 6.89. The molecule has 2 unspecified atom stereocenters. The third-order valence-electron chi connectivity index (χ3n) is 3.15. The normalized spacial score (nSPS) is 19.7. The molecule has 0 bridgehead atoms. The van der Waals surface area contributed by atoms with Crippen LogP contribution < -0.4 is 10.6 Å². The maximum atomic E-state index is 12.1. The highest BCUT2D eigenvalue weighted by Crippen LogP contribution is 2.07. The van der Waals surface area contributed by atoms with Crippen molar-refractivity contribution < 1.29 is 29.0 Å². The van der Waals surface area contributed by atoms with Crippen molar-refractivity contribution in [1.82, 2.24) is 15.5 Å². The van der Waals surface area contributed by atoms with Crippen LogP contribution in [0.15, 0.2) is 0 Å². The van der Waals surface area contributed by atoms with Crippen LogP contribution in [0.1, 0.15) is 6.42 Å². The van der Waals surface area contributed by atoms with Crippen LogP contribution in [0, 0.1) is 0 Å². The summed E-state index contributed by atoms with van der Waals surface area (Å²) in [6, 6.07) is -1.14. The molecular formula is C12H21N3O6. The van der Waals surface area contributed by atoms with Crippen LogP contribution in [0.2, 0.25) is 0 Å². The van der Waals surface area contributed by atoms with E-state index in [4.69, 9.17) is 14.6 Å². The second-order valence-electron chi connectivity index (χ2n) is 4.54. The number of hydrogen-bond donors (Lipinski definition) is 3. The average Bonchev–Trinajstić information content (AvgIpc) is 2.49. The number of rotatable bonds is 6. The van der Waals surface area contributed by atoms with Crippen LogP contribution in [0.5, 0.6) is 0 Å². The van der Waals surface area contributed by atoms with Crippen molar-refractivity contribution in [2.45, 2.75) is 18.6 Å². The molecule has 1 saturated heterocycles. The standard InChI is InChI=1S/C12H21N3O6/c1-13-11(18)9-7-21-4-3-15(9)12(19)14-6-8(20-2)5-10(16)17/h8-9H,3-7H2,1-2H3,(H,13,18)(H,14,19)(H,16,17). The number of urea groups is 1. The summed E-state index contributed by atoms with van der Waals surface area (Å²) < 4.78 is 10.2. The predicted molar refractivity (Wildman–Crippen MR) is 71.8 cm³/mol. The van der Waals surface area contributed by atoms with Gasteiger partial charge in [0.2, 0.25) is 5.91 Å². The van der Waals surface area contributed by atoms with Crippen LogP contribution in [-0.2, 0) is 19.1 Å². The molecule has 0 spiro atoms. The highest BCUT2D eigenvalue weighted by molar-refractivity contribution is 5.87. The zero-order valence-corrected chi connectivity index (χ0v) is 12.1. The number of carbonyl (C=O) groups excluding carboxylic acids is 2. The lowest BCUT2D eigenvalue weighted by molar-refractivity contribution is -0.139. The molecular weight excluding hydrogens is 282 g/mol. The van der Waals surface area contributed by atoms with Crippen LogP contribution in [0.4, 0.5) is 4.79 Å². The van der Waals surface area contributed by atoms with Gasteiger partial charge < -0.3 is 30.1 Å². The first-order chi connectivity index (χ1) is 9.99.